The van der Waals surface area contributed by atoms with E-state index in [-0.39, 0.29) is 0 Å². The molecule has 0 saturated heterocycles. The van der Waals surface area contributed by atoms with E-state index in [0.29, 0.717) is 0 Å². The molecular formula is C16H12N2. The standard InChI is InChI=1S/C16H12N2/c1-18-14-9-5-3-7-12(14)16-11-6-2-4-8-13(11)17-10-15(16)18/h2-10H,1H3. The lowest BCUT2D eigenvalue weighted by Gasteiger charge is -2.00. The van der Waals surface area contributed by atoms with Gasteiger partial charge in [0.1, 0.15) is 0 Å². The third-order valence-corrected chi connectivity index (χ3v) is 3.65. The lowest BCUT2D eigenvalue weighted by Crippen LogP contribution is -1.87. The molecule has 2 aromatic carbocycles. The number of hydrogen-bond acceptors (Lipinski definition) is 1. The van der Waals surface area contributed by atoms with Gasteiger partial charge in [-0.25, -0.2) is 0 Å². The summed E-state index contributed by atoms with van der Waals surface area (Å²) in [5.41, 5.74) is 3.50. The number of pyridine rings is 1. The second kappa shape index (κ2) is 3.33. The summed E-state index contributed by atoms with van der Waals surface area (Å²) >= 11 is 0. The Kier molecular flexibility index (Phi) is 1.78. The number of para-hydroxylation sites is 2. The second-order valence-electron chi connectivity index (χ2n) is 4.61. The van der Waals surface area contributed by atoms with Gasteiger partial charge < -0.3 is 4.57 Å². The number of fused-ring (bicyclic) bond motifs is 5. The Hall–Kier alpha value is -2.35. The first kappa shape index (κ1) is 9.66. The quantitative estimate of drug-likeness (QED) is 0.450. The molecular weight excluding hydrogens is 220 g/mol. The molecule has 0 bridgehead atoms. The molecule has 86 valence electrons. The van der Waals surface area contributed by atoms with Crippen LogP contribution >= 0.6 is 0 Å². The van der Waals surface area contributed by atoms with Gasteiger partial charge in [-0.3, -0.25) is 4.98 Å². The van der Waals surface area contributed by atoms with Crippen LogP contribution in [-0.4, -0.2) is 9.55 Å². The van der Waals surface area contributed by atoms with E-state index in [2.05, 4.69) is 59.1 Å². The van der Waals surface area contributed by atoms with Crippen molar-refractivity contribution in [2.45, 2.75) is 0 Å². The molecule has 2 heteroatoms. The molecule has 0 fully saturated rings. The molecule has 4 rings (SSSR count). The van der Waals surface area contributed by atoms with E-state index in [1.807, 2.05) is 12.3 Å². The summed E-state index contributed by atoms with van der Waals surface area (Å²) in [6.45, 7) is 0. The Morgan fingerprint density at radius 2 is 1.56 bits per heavy atom. The third-order valence-electron chi connectivity index (χ3n) is 3.65. The van der Waals surface area contributed by atoms with E-state index < -0.39 is 0 Å². The fraction of sp³-hybridized carbons (Fsp3) is 0.0625. The van der Waals surface area contributed by atoms with Crippen LogP contribution in [-0.2, 0) is 7.05 Å². The van der Waals surface area contributed by atoms with Crippen molar-refractivity contribution in [1.82, 2.24) is 9.55 Å². The second-order valence-corrected chi connectivity index (χ2v) is 4.61. The van der Waals surface area contributed by atoms with Crippen molar-refractivity contribution >= 4 is 32.7 Å². The molecule has 0 aliphatic heterocycles. The highest BCUT2D eigenvalue weighted by Crippen LogP contribution is 2.32. The van der Waals surface area contributed by atoms with Crippen LogP contribution < -0.4 is 0 Å². The average molecular weight is 232 g/mol. The largest absolute Gasteiger partial charge is 0.342 e. The van der Waals surface area contributed by atoms with Crippen molar-refractivity contribution in [2.24, 2.45) is 7.05 Å². The van der Waals surface area contributed by atoms with Crippen LogP contribution in [0.4, 0.5) is 0 Å². The highest BCUT2D eigenvalue weighted by molar-refractivity contribution is 6.19. The zero-order valence-corrected chi connectivity index (χ0v) is 10.1. The van der Waals surface area contributed by atoms with Gasteiger partial charge >= 0.3 is 0 Å². The normalized spacial score (nSPS) is 11.6. The summed E-state index contributed by atoms with van der Waals surface area (Å²) < 4.78 is 2.21. The van der Waals surface area contributed by atoms with Crippen LogP contribution in [0.25, 0.3) is 32.7 Å². The van der Waals surface area contributed by atoms with Gasteiger partial charge in [-0.2, -0.15) is 0 Å². The van der Waals surface area contributed by atoms with Crippen molar-refractivity contribution in [2.75, 3.05) is 0 Å². The summed E-state index contributed by atoms with van der Waals surface area (Å²) in [4.78, 5) is 4.54. The predicted octanol–water partition coefficient (Wildman–Crippen LogP) is 3.88. The zero-order valence-electron chi connectivity index (χ0n) is 10.1. The minimum absolute atomic E-state index is 1.06. The SMILES string of the molecule is Cn1c2ccccc2c2c3ccccc3ncc21. The summed E-state index contributed by atoms with van der Waals surface area (Å²) in [6.07, 6.45) is 1.97. The van der Waals surface area contributed by atoms with Crippen molar-refractivity contribution in [3.8, 4) is 0 Å². The topological polar surface area (TPSA) is 17.8 Å². The molecule has 4 aromatic rings. The zero-order chi connectivity index (χ0) is 12.1. The first-order chi connectivity index (χ1) is 8.86. The molecule has 0 N–H and O–H groups in total. The summed E-state index contributed by atoms with van der Waals surface area (Å²) in [6, 6.07) is 16.8. The first-order valence-electron chi connectivity index (χ1n) is 6.07. The Bertz CT molecular complexity index is 887. The van der Waals surface area contributed by atoms with Crippen molar-refractivity contribution < 1.29 is 0 Å². The Labute approximate surface area is 104 Å². The number of benzene rings is 2. The van der Waals surface area contributed by atoms with E-state index in [4.69, 9.17) is 0 Å². The molecule has 0 saturated carbocycles. The summed E-state index contributed by atoms with van der Waals surface area (Å²) in [5.74, 6) is 0. The highest BCUT2D eigenvalue weighted by Gasteiger charge is 2.10. The van der Waals surface area contributed by atoms with Gasteiger partial charge in [-0.1, -0.05) is 36.4 Å². The fourth-order valence-corrected chi connectivity index (χ4v) is 2.78. The Balaban J connectivity index is 2.41. The van der Waals surface area contributed by atoms with Gasteiger partial charge in [-0.05, 0) is 12.1 Å². The van der Waals surface area contributed by atoms with E-state index in [1.54, 1.807) is 0 Å². The molecule has 0 aliphatic carbocycles. The lowest BCUT2D eigenvalue weighted by atomic mass is 10.1. The number of nitrogens with zero attached hydrogens (tertiary/aromatic N) is 2. The van der Waals surface area contributed by atoms with Crippen LogP contribution in [0.15, 0.2) is 54.7 Å². The number of aromatic nitrogens is 2. The van der Waals surface area contributed by atoms with Gasteiger partial charge in [0.25, 0.3) is 0 Å². The van der Waals surface area contributed by atoms with Crippen LogP contribution in [0.1, 0.15) is 0 Å². The van der Waals surface area contributed by atoms with E-state index in [0.717, 1.165) is 5.52 Å². The van der Waals surface area contributed by atoms with Crippen molar-refractivity contribution in [3.05, 3.63) is 54.7 Å². The van der Waals surface area contributed by atoms with Gasteiger partial charge in [0.2, 0.25) is 0 Å². The summed E-state index contributed by atoms with van der Waals surface area (Å²) in [5, 5.41) is 3.83. The molecule has 2 heterocycles. The predicted molar refractivity (Wildman–Crippen MR) is 75.7 cm³/mol. The smallest absolute Gasteiger partial charge is 0.0709 e. The Morgan fingerprint density at radius 1 is 0.833 bits per heavy atom. The van der Waals surface area contributed by atoms with E-state index >= 15 is 0 Å². The van der Waals surface area contributed by atoms with E-state index in [1.165, 1.54) is 27.2 Å². The van der Waals surface area contributed by atoms with Gasteiger partial charge in [-0.15, -0.1) is 0 Å². The van der Waals surface area contributed by atoms with Crippen molar-refractivity contribution in [3.63, 3.8) is 0 Å². The molecule has 0 amide bonds. The van der Waals surface area contributed by atoms with Crippen LogP contribution in [0.5, 0.6) is 0 Å². The molecule has 18 heavy (non-hydrogen) atoms. The summed E-state index contributed by atoms with van der Waals surface area (Å²) in [7, 11) is 2.10. The maximum Gasteiger partial charge on any atom is 0.0709 e. The molecule has 0 unspecified atom stereocenters. The first-order valence-corrected chi connectivity index (χ1v) is 6.07. The van der Waals surface area contributed by atoms with Crippen LogP contribution in [0.2, 0.25) is 0 Å². The highest BCUT2D eigenvalue weighted by atomic mass is 14.9. The molecule has 0 spiro atoms. The number of aryl methyl sites for hydroxylation is 1. The molecule has 0 aliphatic rings. The van der Waals surface area contributed by atoms with Gasteiger partial charge in [0.15, 0.2) is 0 Å². The monoisotopic (exact) mass is 232 g/mol. The Morgan fingerprint density at radius 3 is 2.44 bits per heavy atom. The molecule has 2 nitrogen and oxygen atoms in total. The molecule has 0 radical (unpaired) electrons. The molecule has 2 aromatic heterocycles. The van der Waals surface area contributed by atoms with Crippen molar-refractivity contribution in [1.29, 1.82) is 0 Å². The lowest BCUT2D eigenvalue weighted by molar-refractivity contribution is 1.01. The minimum Gasteiger partial charge on any atom is -0.342 e. The number of rotatable bonds is 0. The van der Waals surface area contributed by atoms with Crippen LogP contribution in [0.3, 0.4) is 0 Å². The minimum atomic E-state index is 1.06. The average Bonchev–Trinajstić information content (AvgIpc) is 2.73. The number of hydrogen-bond donors (Lipinski definition) is 0. The maximum absolute atomic E-state index is 4.54. The third kappa shape index (κ3) is 1.10. The van der Waals surface area contributed by atoms with Gasteiger partial charge in [0.05, 0.1) is 17.2 Å². The maximum atomic E-state index is 4.54. The fourth-order valence-electron chi connectivity index (χ4n) is 2.78. The van der Waals surface area contributed by atoms with E-state index in [9.17, 15) is 0 Å². The van der Waals surface area contributed by atoms with Gasteiger partial charge in [0, 0.05) is 28.7 Å². The molecule has 0 atom stereocenters. The van der Waals surface area contributed by atoms with Crippen LogP contribution in [0, 0.1) is 0 Å².